The van der Waals surface area contributed by atoms with Crippen molar-refractivity contribution in [2.75, 3.05) is 6.61 Å². The van der Waals surface area contributed by atoms with Gasteiger partial charge in [-0.2, -0.15) is 0 Å². The number of hydrogen-bond donors (Lipinski definition) is 1. The van der Waals surface area contributed by atoms with Crippen LogP contribution in [-0.2, 0) is 0 Å². The van der Waals surface area contributed by atoms with Gasteiger partial charge in [0.05, 0.1) is 17.3 Å². The van der Waals surface area contributed by atoms with Gasteiger partial charge in [-0.1, -0.05) is 36.7 Å². The van der Waals surface area contributed by atoms with Crippen LogP contribution in [-0.4, -0.2) is 16.7 Å². The molecule has 1 heterocycles. The Morgan fingerprint density at radius 3 is 2.88 bits per heavy atom. The zero-order valence-corrected chi connectivity index (χ0v) is 10.4. The van der Waals surface area contributed by atoms with E-state index in [4.69, 9.17) is 16.7 Å². The molecule has 0 aliphatic heterocycles. The van der Waals surface area contributed by atoms with Crippen molar-refractivity contribution in [3.8, 4) is 10.6 Å². The summed E-state index contributed by atoms with van der Waals surface area (Å²) < 4.78 is 0. The number of rotatable bonds is 3. The largest absolute Gasteiger partial charge is 0.396 e. The van der Waals surface area contributed by atoms with E-state index in [-0.39, 0.29) is 12.5 Å². The number of hydrogen-bond acceptors (Lipinski definition) is 3. The Morgan fingerprint density at radius 2 is 2.19 bits per heavy atom. The second-order valence-electron chi connectivity index (χ2n) is 3.64. The zero-order chi connectivity index (χ0) is 11.5. The average Bonchev–Trinajstić information content (AvgIpc) is 2.78. The van der Waals surface area contributed by atoms with Crippen molar-refractivity contribution >= 4 is 22.9 Å². The highest BCUT2D eigenvalue weighted by Crippen LogP contribution is 2.31. The predicted octanol–water partition coefficient (Wildman–Crippen LogP) is 3.56. The van der Waals surface area contributed by atoms with Crippen LogP contribution in [0.1, 0.15) is 18.5 Å². The van der Waals surface area contributed by atoms with E-state index in [2.05, 4.69) is 4.98 Å². The first-order valence-corrected chi connectivity index (χ1v) is 6.29. The third kappa shape index (κ3) is 2.26. The van der Waals surface area contributed by atoms with Gasteiger partial charge in [-0.3, -0.25) is 0 Å². The van der Waals surface area contributed by atoms with Crippen molar-refractivity contribution in [1.82, 2.24) is 4.98 Å². The van der Waals surface area contributed by atoms with E-state index in [0.29, 0.717) is 5.02 Å². The van der Waals surface area contributed by atoms with Crippen LogP contribution in [0.15, 0.2) is 29.6 Å². The third-order valence-corrected chi connectivity index (χ3v) is 3.63. The lowest BCUT2D eigenvalue weighted by Crippen LogP contribution is -1.98. The molecule has 1 aromatic carbocycles. The van der Waals surface area contributed by atoms with Crippen LogP contribution < -0.4 is 0 Å². The van der Waals surface area contributed by atoms with Gasteiger partial charge in [0.15, 0.2) is 0 Å². The maximum absolute atomic E-state index is 9.06. The molecular weight excluding hydrogens is 242 g/mol. The van der Waals surface area contributed by atoms with Gasteiger partial charge in [-0.15, -0.1) is 11.3 Å². The molecule has 2 aromatic rings. The maximum atomic E-state index is 9.06. The van der Waals surface area contributed by atoms with E-state index in [9.17, 15) is 0 Å². The highest BCUT2D eigenvalue weighted by atomic mass is 35.5. The predicted molar refractivity (Wildman–Crippen MR) is 68.1 cm³/mol. The number of aliphatic hydroxyl groups excluding tert-OH is 1. The van der Waals surface area contributed by atoms with Gasteiger partial charge in [0, 0.05) is 16.9 Å². The molecule has 16 heavy (non-hydrogen) atoms. The van der Waals surface area contributed by atoms with Crippen LogP contribution >= 0.6 is 22.9 Å². The number of aromatic nitrogens is 1. The lowest BCUT2D eigenvalue weighted by atomic mass is 10.1. The summed E-state index contributed by atoms with van der Waals surface area (Å²) >= 11 is 7.65. The fraction of sp³-hybridized carbons (Fsp3) is 0.250. The standard InChI is InChI=1S/C12H12ClNOS/c1-8(6-15)11-7-16-12(14-11)9-4-2-3-5-10(9)13/h2-5,7-8,15H,6H2,1H3. The lowest BCUT2D eigenvalue weighted by molar-refractivity contribution is 0.271. The van der Waals surface area contributed by atoms with Gasteiger partial charge < -0.3 is 5.11 Å². The van der Waals surface area contributed by atoms with Crippen molar-refractivity contribution in [3.05, 3.63) is 40.4 Å². The first-order valence-electron chi connectivity index (χ1n) is 5.03. The topological polar surface area (TPSA) is 33.1 Å². The average molecular weight is 254 g/mol. The van der Waals surface area contributed by atoms with Gasteiger partial charge in [-0.05, 0) is 6.07 Å². The van der Waals surface area contributed by atoms with Gasteiger partial charge in [0.25, 0.3) is 0 Å². The first kappa shape index (κ1) is 11.6. The summed E-state index contributed by atoms with van der Waals surface area (Å²) in [6, 6.07) is 7.65. The molecule has 0 saturated heterocycles. The molecule has 1 atom stereocenters. The minimum atomic E-state index is 0.0764. The number of aliphatic hydroxyl groups is 1. The molecule has 84 valence electrons. The maximum Gasteiger partial charge on any atom is 0.125 e. The number of benzene rings is 1. The highest BCUT2D eigenvalue weighted by Gasteiger charge is 2.11. The van der Waals surface area contributed by atoms with Gasteiger partial charge in [-0.25, -0.2) is 4.98 Å². The Bertz CT molecular complexity index is 483. The van der Waals surface area contributed by atoms with Crippen LogP contribution in [0, 0.1) is 0 Å². The van der Waals surface area contributed by atoms with Crippen molar-refractivity contribution in [2.24, 2.45) is 0 Å². The van der Waals surface area contributed by atoms with Crippen molar-refractivity contribution in [3.63, 3.8) is 0 Å². The molecule has 2 rings (SSSR count). The fourth-order valence-electron chi connectivity index (χ4n) is 1.36. The second kappa shape index (κ2) is 4.95. The Kier molecular flexibility index (Phi) is 3.59. The molecule has 0 aliphatic rings. The van der Waals surface area contributed by atoms with Crippen molar-refractivity contribution < 1.29 is 5.11 Å². The molecule has 1 unspecified atom stereocenters. The van der Waals surface area contributed by atoms with E-state index in [1.54, 1.807) is 11.3 Å². The SMILES string of the molecule is CC(CO)c1csc(-c2ccccc2Cl)n1. The van der Waals surface area contributed by atoms with E-state index >= 15 is 0 Å². The van der Waals surface area contributed by atoms with Gasteiger partial charge >= 0.3 is 0 Å². The monoisotopic (exact) mass is 253 g/mol. The van der Waals surface area contributed by atoms with Crippen LogP contribution in [0.3, 0.4) is 0 Å². The van der Waals surface area contributed by atoms with E-state index in [1.165, 1.54) is 0 Å². The molecular formula is C12H12ClNOS. The summed E-state index contributed by atoms with van der Waals surface area (Å²) in [5.74, 6) is 0.0764. The quantitative estimate of drug-likeness (QED) is 0.907. The summed E-state index contributed by atoms with van der Waals surface area (Å²) in [6.07, 6.45) is 0. The number of halogens is 1. The molecule has 0 saturated carbocycles. The molecule has 0 amide bonds. The molecule has 0 radical (unpaired) electrons. The molecule has 0 bridgehead atoms. The Hall–Kier alpha value is -0.900. The van der Waals surface area contributed by atoms with Gasteiger partial charge in [0.1, 0.15) is 5.01 Å². The van der Waals surface area contributed by atoms with Crippen molar-refractivity contribution in [2.45, 2.75) is 12.8 Å². The molecule has 0 aliphatic carbocycles. The smallest absolute Gasteiger partial charge is 0.125 e. The molecule has 2 nitrogen and oxygen atoms in total. The second-order valence-corrected chi connectivity index (χ2v) is 4.91. The van der Waals surface area contributed by atoms with E-state index in [1.807, 2.05) is 36.6 Å². The Labute approximate surface area is 104 Å². The normalized spacial score (nSPS) is 12.7. The molecule has 0 fully saturated rings. The minimum absolute atomic E-state index is 0.0764. The van der Waals surface area contributed by atoms with Crippen molar-refractivity contribution in [1.29, 1.82) is 0 Å². The van der Waals surface area contributed by atoms with Crippen LogP contribution in [0.4, 0.5) is 0 Å². The summed E-state index contributed by atoms with van der Waals surface area (Å²) in [7, 11) is 0. The first-order chi connectivity index (χ1) is 7.72. The van der Waals surface area contributed by atoms with Crippen LogP contribution in [0.25, 0.3) is 10.6 Å². The molecule has 1 aromatic heterocycles. The summed E-state index contributed by atoms with van der Waals surface area (Å²) in [5, 5.41) is 12.6. The summed E-state index contributed by atoms with van der Waals surface area (Å²) in [4.78, 5) is 4.49. The van der Waals surface area contributed by atoms with E-state index in [0.717, 1.165) is 16.3 Å². The highest BCUT2D eigenvalue weighted by molar-refractivity contribution is 7.13. The minimum Gasteiger partial charge on any atom is -0.396 e. The summed E-state index contributed by atoms with van der Waals surface area (Å²) in [5.41, 5.74) is 1.87. The number of thiazole rings is 1. The lowest BCUT2D eigenvalue weighted by Gasteiger charge is -2.02. The van der Waals surface area contributed by atoms with E-state index < -0.39 is 0 Å². The third-order valence-electron chi connectivity index (χ3n) is 2.40. The molecule has 0 spiro atoms. The van der Waals surface area contributed by atoms with Gasteiger partial charge in [0.2, 0.25) is 0 Å². The Balaban J connectivity index is 2.35. The van der Waals surface area contributed by atoms with Crippen LogP contribution in [0.5, 0.6) is 0 Å². The molecule has 4 heteroatoms. The zero-order valence-electron chi connectivity index (χ0n) is 8.85. The fourth-order valence-corrected chi connectivity index (χ4v) is 2.63. The number of nitrogens with zero attached hydrogens (tertiary/aromatic N) is 1. The van der Waals surface area contributed by atoms with Crippen LogP contribution in [0.2, 0.25) is 5.02 Å². The Morgan fingerprint density at radius 1 is 1.44 bits per heavy atom. The molecule has 1 N–H and O–H groups in total. The summed E-state index contributed by atoms with van der Waals surface area (Å²) in [6.45, 7) is 2.07.